The second kappa shape index (κ2) is 9.15. The van der Waals surface area contributed by atoms with Crippen LogP contribution in [0.3, 0.4) is 0 Å². The van der Waals surface area contributed by atoms with E-state index >= 15 is 0 Å². The average Bonchev–Trinajstić information content (AvgIpc) is 2.81. The lowest BCUT2D eigenvalue weighted by atomic mass is 10.0. The highest BCUT2D eigenvalue weighted by molar-refractivity contribution is 6.02. The molecule has 1 heterocycles. The molecule has 0 aliphatic rings. The van der Waals surface area contributed by atoms with E-state index < -0.39 is 5.97 Å². The zero-order valence-electron chi connectivity index (χ0n) is 17.4. The summed E-state index contributed by atoms with van der Waals surface area (Å²) in [5.74, 6) is 5.03. The van der Waals surface area contributed by atoms with Gasteiger partial charge in [-0.2, -0.15) is 0 Å². The number of hydrogen-bond acceptors (Lipinski definition) is 3. The number of carbonyl (C=O) groups is 2. The predicted octanol–water partition coefficient (Wildman–Crippen LogP) is 4.89. The molecule has 156 valence electrons. The van der Waals surface area contributed by atoms with Crippen molar-refractivity contribution in [2.24, 2.45) is 0 Å². The van der Waals surface area contributed by atoms with E-state index in [0.717, 1.165) is 27.6 Å². The summed E-state index contributed by atoms with van der Waals surface area (Å²) in [6.07, 6.45) is 1.44. The Labute approximate surface area is 186 Å². The first-order chi connectivity index (χ1) is 15.5. The molecule has 0 saturated heterocycles. The maximum atomic E-state index is 12.6. The third kappa shape index (κ3) is 4.50. The summed E-state index contributed by atoms with van der Waals surface area (Å²) in [6.45, 7) is 1.94. The third-order valence-corrected chi connectivity index (χ3v) is 5.11. The quantitative estimate of drug-likeness (QED) is 0.478. The predicted molar refractivity (Wildman–Crippen MR) is 124 cm³/mol. The number of carboxylic acids is 1. The second-order valence-corrected chi connectivity index (χ2v) is 7.25. The SMILES string of the molecule is CC(=O)N(Cc1ccccc1C#Cc1ccc(C(=O)O)nc1)c1cccc2ccccc12. The molecular formula is C27H20N2O3. The molecule has 5 heteroatoms. The summed E-state index contributed by atoms with van der Waals surface area (Å²) in [4.78, 5) is 29.2. The highest BCUT2D eigenvalue weighted by atomic mass is 16.4. The number of benzene rings is 3. The van der Waals surface area contributed by atoms with Gasteiger partial charge < -0.3 is 10.0 Å². The molecule has 0 unspecified atom stereocenters. The molecule has 0 bridgehead atoms. The largest absolute Gasteiger partial charge is 0.477 e. The Hall–Kier alpha value is -4.43. The summed E-state index contributed by atoms with van der Waals surface area (Å²) in [5.41, 5.74) is 3.15. The molecule has 5 nitrogen and oxygen atoms in total. The lowest BCUT2D eigenvalue weighted by Gasteiger charge is -2.23. The number of pyridine rings is 1. The van der Waals surface area contributed by atoms with E-state index in [1.54, 1.807) is 17.9 Å². The zero-order chi connectivity index (χ0) is 22.5. The monoisotopic (exact) mass is 420 g/mol. The molecule has 1 aromatic heterocycles. The van der Waals surface area contributed by atoms with E-state index in [1.807, 2.05) is 66.7 Å². The second-order valence-electron chi connectivity index (χ2n) is 7.25. The average molecular weight is 420 g/mol. The highest BCUT2D eigenvalue weighted by Gasteiger charge is 2.16. The Morgan fingerprint density at radius 1 is 0.906 bits per heavy atom. The van der Waals surface area contributed by atoms with Crippen LogP contribution < -0.4 is 4.90 Å². The van der Waals surface area contributed by atoms with Crippen LogP contribution in [0.4, 0.5) is 5.69 Å². The molecule has 0 atom stereocenters. The van der Waals surface area contributed by atoms with Gasteiger partial charge in [-0.1, -0.05) is 66.4 Å². The molecule has 0 fully saturated rings. The molecular weight excluding hydrogens is 400 g/mol. The number of aromatic carboxylic acids is 1. The van der Waals surface area contributed by atoms with Crippen molar-refractivity contribution < 1.29 is 14.7 Å². The Balaban J connectivity index is 1.67. The van der Waals surface area contributed by atoms with Gasteiger partial charge in [0.1, 0.15) is 5.69 Å². The van der Waals surface area contributed by atoms with Gasteiger partial charge in [-0.15, -0.1) is 0 Å². The molecule has 32 heavy (non-hydrogen) atoms. The maximum Gasteiger partial charge on any atom is 0.354 e. The lowest BCUT2D eigenvalue weighted by molar-refractivity contribution is -0.116. The lowest BCUT2D eigenvalue weighted by Crippen LogP contribution is -2.28. The van der Waals surface area contributed by atoms with Crippen molar-refractivity contribution in [2.75, 3.05) is 4.90 Å². The van der Waals surface area contributed by atoms with Crippen LogP contribution in [0.15, 0.2) is 85.1 Å². The number of anilines is 1. The molecule has 0 saturated carbocycles. The maximum absolute atomic E-state index is 12.6. The van der Waals surface area contributed by atoms with Crippen LogP contribution in [0.2, 0.25) is 0 Å². The van der Waals surface area contributed by atoms with Crippen LogP contribution in [0.25, 0.3) is 10.8 Å². The molecule has 0 spiro atoms. The molecule has 0 radical (unpaired) electrons. The first-order valence-electron chi connectivity index (χ1n) is 10.1. The van der Waals surface area contributed by atoms with Gasteiger partial charge in [0.15, 0.2) is 0 Å². The van der Waals surface area contributed by atoms with Gasteiger partial charge in [0.25, 0.3) is 0 Å². The van der Waals surface area contributed by atoms with E-state index in [4.69, 9.17) is 5.11 Å². The van der Waals surface area contributed by atoms with Crippen molar-refractivity contribution in [2.45, 2.75) is 13.5 Å². The van der Waals surface area contributed by atoms with Crippen molar-refractivity contribution in [3.8, 4) is 11.8 Å². The first-order valence-corrected chi connectivity index (χ1v) is 10.1. The summed E-state index contributed by atoms with van der Waals surface area (Å²) in [6, 6.07) is 24.7. The van der Waals surface area contributed by atoms with Crippen molar-refractivity contribution in [1.82, 2.24) is 4.98 Å². The van der Waals surface area contributed by atoms with Gasteiger partial charge in [-0.05, 0) is 35.2 Å². The number of aromatic nitrogens is 1. The number of carbonyl (C=O) groups excluding carboxylic acids is 1. The number of rotatable bonds is 4. The Kier molecular flexibility index (Phi) is 5.96. The molecule has 4 aromatic rings. The first kappa shape index (κ1) is 20.8. The van der Waals surface area contributed by atoms with Crippen LogP contribution in [-0.4, -0.2) is 22.0 Å². The summed E-state index contributed by atoms with van der Waals surface area (Å²) in [5, 5.41) is 11.1. The van der Waals surface area contributed by atoms with Gasteiger partial charge in [-0.3, -0.25) is 4.79 Å². The molecule has 1 N–H and O–H groups in total. The zero-order valence-corrected chi connectivity index (χ0v) is 17.4. The normalized spacial score (nSPS) is 10.3. The minimum atomic E-state index is -1.08. The number of carboxylic acid groups (broad SMARTS) is 1. The number of fused-ring (bicyclic) bond motifs is 1. The summed E-state index contributed by atoms with van der Waals surface area (Å²) < 4.78 is 0. The number of nitrogens with zero attached hydrogens (tertiary/aromatic N) is 2. The van der Waals surface area contributed by atoms with Crippen molar-refractivity contribution in [3.63, 3.8) is 0 Å². The van der Waals surface area contributed by atoms with Crippen molar-refractivity contribution in [3.05, 3.63) is 107 Å². The topological polar surface area (TPSA) is 70.5 Å². The van der Waals surface area contributed by atoms with Crippen molar-refractivity contribution >= 4 is 28.3 Å². The smallest absolute Gasteiger partial charge is 0.354 e. The van der Waals surface area contributed by atoms with E-state index in [9.17, 15) is 9.59 Å². The van der Waals surface area contributed by atoms with Gasteiger partial charge >= 0.3 is 5.97 Å². The van der Waals surface area contributed by atoms with E-state index in [-0.39, 0.29) is 11.6 Å². The molecule has 4 rings (SSSR count). The van der Waals surface area contributed by atoms with E-state index in [0.29, 0.717) is 12.1 Å². The van der Waals surface area contributed by atoms with Gasteiger partial charge in [0, 0.05) is 29.6 Å². The van der Waals surface area contributed by atoms with Crippen LogP contribution in [-0.2, 0) is 11.3 Å². The highest BCUT2D eigenvalue weighted by Crippen LogP contribution is 2.28. The Morgan fingerprint density at radius 3 is 2.41 bits per heavy atom. The van der Waals surface area contributed by atoms with E-state index in [1.165, 1.54) is 12.3 Å². The van der Waals surface area contributed by atoms with Gasteiger partial charge in [0.05, 0.1) is 12.2 Å². The van der Waals surface area contributed by atoms with E-state index in [2.05, 4.69) is 16.8 Å². The summed E-state index contributed by atoms with van der Waals surface area (Å²) in [7, 11) is 0. The summed E-state index contributed by atoms with van der Waals surface area (Å²) >= 11 is 0. The number of hydrogen-bond donors (Lipinski definition) is 1. The minimum absolute atomic E-state index is 0.0249. The van der Waals surface area contributed by atoms with Crippen molar-refractivity contribution in [1.29, 1.82) is 0 Å². The van der Waals surface area contributed by atoms with Crippen LogP contribution in [0.5, 0.6) is 0 Å². The standard InChI is InChI=1S/C27H20N2O3/c1-19(30)29(26-12-6-10-22-8-4-5-11-24(22)26)18-23-9-3-2-7-21(23)15-13-20-14-16-25(27(31)32)28-17-20/h2-12,14,16-17H,18H2,1H3,(H,31,32). The fourth-order valence-corrected chi connectivity index (χ4v) is 3.49. The minimum Gasteiger partial charge on any atom is -0.477 e. The third-order valence-electron chi connectivity index (χ3n) is 5.11. The van der Waals surface area contributed by atoms with Crippen LogP contribution in [0, 0.1) is 11.8 Å². The molecule has 3 aromatic carbocycles. The Bertz CT molecular complexity index is 1360. The van der Waals surface area contributed by atoms with Crippen LogP contribution in [0.1, 0.15) is 34.1 Å². The van der Waals surface area contributed by atoms with Crippen LogP contribution >= 0.6 is 0 Å². The fraction of sp³-hybridized carbons (Fsp3) is 0.0741. The fourth-order valence-electron chi connectivity index (χ4n) is 3.49. The van der Waals surface area contributed by atoms with Gasteiger partial charge in [-0.25, -0.2) is 9.78 Å². The Morgan fingerprint density at radius 2 is 1.66 bits per heavy atom. The number of amides is 1. The molecule has 0 aliphatic heterocycles. The molecule has 0 aliphatic carbocycles. The molecule has 1 amide bonds. The van der Waals surface area contributed by atoms with Gasteiger partial charge in [0.2, 0.25) is 5.91 Å².